The van der Waals surface area contributed by atoms with Crippen LogP contribution in [0.1, 0.15) is 44.1 Å². The molecule has 22 heavy (non-hydrogen) atoms. The molecule has 1 amide bonds. The third kappa shape index (κ3) is 4.37. The molecular formula is C17H24Cl2N2O. The van der Waals surface area contributed by atoms with Crippen molar-refractivity contribution in [2.45, 2.75) is 57.2 Å². The van der Waals surface area contributed by atoms with E-state index in [0.717, 1.165) is 49.1 Å². The Hall–Kier alpha value is -0.770. The summed E-state index contributed by atoms with van der Waals surface area (Å²) < 4.78 is 0. The maximum absolute atomic E-state index is 12.8. The summed E-state index contributed by atoms with van der Waals surface area (Å²) in [6.45, 7) is 0.701. The van der Waals surface area contributed by atoms with E-state index < -0.39 is 0 Å². The van der Waals surface area contributed by atoms with Crippen LogP contribution in [0.15, 0.2) is 24.3 Å². The molecule has 2 unspecified atom stereocenters. The second-order valence-electron chi connectivity index (χ2n) is 6.45. The molecular weight excluding hydrogens is 319 g/mol. The summed E-state index contributed by atoms with van der Waals surface area (Å²) in [7, 11) is 0. The Labute approximate surface area is 143 Å². The summed E-state index contributed by atoms with van der Waals surface area (Å²) in [4.78, 5) is 14.9. The van der Waals surface area contributed by atoms with Gasteiger partial charge in [-0.15, -0.1) is 12.4 Å². The van der Waals surface area contributed by atoms with Gasteiger partial charge in [0.15, 0.2) is 0 Å². The summed E-state index contributed by atoms with van der Waals surface area (Å²) in [5.41, 5.74) is 7.19. The average molecular weight is 343 g/mol. The van der Waals surface area contributed by atoms with Crippen molar-refractivity contribution in [3.63, 3.8) is 0 Å². The molecule has 3 rings (SSSR count). The second-order valence-corrected chi connectivity index (χ2v) is 6.88. The minimum absolute atomic E-state index is 0. The molecule has 2 N–H and O–H groups in total. The predicted octanol–water partition coefficient (Wildman–Crippen LogP) is 3.77. The maximum Gasteiger partial charge on any atom is 0.226 e. The van der Waals surface area contributed by atoms with Crippen LogP contribution in [0, 0.1) is 5.92 Å². The molecule has 2 atom stereocenters. The molecule has 0 aliphatic heterocycles. The molecule has 122 valence electrons. The van der Waals surface area contributed by atoms with Crippen molar-refractivity contribution >= 4 is 29.9 Å². The average Bonchev–Trinajstić information content (AvgIpc) is 3.30. The van der Waals surface area contributed by atoms with Crippen LogP contribution in [0.3, 0.4) is 0 Å². The van der Waals surface area contributed by atoms with Gasteiger partial charge in [0.05, 0.1) is 0 Å². The fourth-order valence-electron chi connectivity index (χ4n) is 3.25. The number of carbonyl (C=O) groups excluding carboxylic acids is 1. The molecule has 0 bridgehead atoms. The molecule has 0 aromatic heterocycles. The normalized spacial score (nSPS) is 24.5. The summed E-state index contributed by atoms with van der Waals surface area (Å²) in [5, 5.41) is 0.737. The number of nitrogens with two attached hydrogens (primary N) is 1. The van der Waals surface area contributed by atoms with E-state index in [2.05, 4.69) is 4.90 Å². The summed E-state index contributed by atoms with van der Waals surface area (Å²) in [6, 6.07) is 8.44. The largest absolute Gasteiger partial charge is 0.335 e. The van der Waals surface area contributed by atoms with Gasteiger partial charge < -0.3 is 10.6 Å². The topological polar surface area (TPSA) is 46.3 Å². The van der Waals surface area contributed by atoms with E-state index in [4.69, 9.17) is 17.3 Å². The first-order valence-corrected chi connectivity index (χ1v) is 8.32. The highest BCUT2D eigenvalue weighted by Crippen LogP contribution is 2.33. The second kappa shape index (κ2) is 7.67. The number of rotatable bonds is 4. The highest BCUT2D eigenvalue weighted by Gasteiger charge is 2.37. The summed E-state index contributed by atoms with van der Waals surface area (Å²) >= 11 is 5.93. The zero-order valence-electron chi connectivity index (χ0n) is 12.7. The van der Waals surface area contributed by atoms with Gasteiger partial charge in [-0.25, -0.2) is 0 Å². The molecule has 5 heteroatoms. The Kier molecular flexibility index (Phi) is 6.13. The van der Waals surface area contributed by atoms with E-state index in [-0.39, 0.29) is 24.4 Å². The minimum atomic E-state index is 0. The maximum atomic E-state index is 12.8. The monoisotopic (exact) mass is 342 g/mol. The van der Waals surface area contributed by atoms with Crippen LogP contribution in [0.2, 0.25) is 5.02 Å². The van der Waals surface area contributed by atoms with Gasteiger partial charge in [0.25, 0.3) is 0 Å². The molecule has 2 fully saturated rings. The number of hydrogen-bond acceptors (Lipinski definition) is 2. The standard InChI is InChI=1S/C17H23ClN2O.ClH/c18-14-6-4-12(5-7-14)11-20(16-8-9-16)17(21)13-2-1-3-15(19)10-13;/h4-7,13,15-16H,1-3,8-11,19H2;1H. The van der Waals surface area contributed by atoms with Crippen LogP contribution in [0.25, 0.3) is 0 Å². The van der Waals surface area contributed by atoms with Gasteiger partial charge in [0, 0.05) is 29.6 Å². The fourth-order valence-corrected chi connectivity index (χ4v) is 3.37. The van der Waals surface area contributed by atoms with E-state index in [1.165, 1.54) is 0 Å². The van der Waals surface area contributed by atoms with Crippen molar-refractivity contribution in [2.24, 2.45) is 11.7 Å². The number of hydrogen-bond donors (Lipinski definition) is 1. The molecule has 3 nitrogen and oxygen atoms in total. The lowest BCUT2D eigenvalue weighted by atomic mass is 9.85. The highest BCUT2D eigenvalue weighted by molar-refractivity contribution is 6.30. The first-order valence-electron chi connectivity index (χ1n) is 7.94. The van der Waals surface area contributed by atoms with E-state index in [0.29, 0.717) is 18.5 Å². The third-order valence-corrected chi connectivity index (χ3v) is 4.85. The number of halogens is 2. The molecule has 2 aliphatic carbocycles. The molecule has 2 saturated carbocycles. The lowest BCUT2D eigenvalue weighted by Gasteiger charge is -2.31. The van der Waals surface area contributed by atoms with Gasteiger partial charge in [-0.3, -0.25) is 4.79 Å². The van der Waals surface area contributed by atoms with Crippen LogP contribution in [-0.4, -0.2) is 22.9 Å². The van der Waals surface area contributed by atoms with E-state index >= 15 is 0 Å². The minimum Gasteiger partial charge on any atom is -0.335 e. The predicted molar refractivity (Wildman–Crippen MR) is 92.2 cm³/mol. The van der Waals surface area contributed by atoms with Crippen LogP contribution < -0.4 is 5.73 Å². The third-order valence-electron chi connectivity index (χ3n) is 4.60. The van der Waals surface area contributed by atoms with Gasteiger partial charge in [-0.2, -0.15) is 0 Å². The SMILES string of the molecule is Cl.NC1CCCC(C(=O)N(Cc2ccc(Cl)cc2)C2CC2)C1. The number of amides is 1. The van der Waals surface area contributed by atoms with Crippen molar-refractivity contribution in [1.82, 2.24) is 4.90 Å². The molecule has 0 spiro atoms. The van der Waals surface area contributed by atoms with E-state index in [9.17, 15) is 4.79 Å². The van der Waals surface area contributed by atoms with E-state index in [1.807, 2.05) is 24.3 Å². The van der Waals surface area contributed by atoms with Gasteiger partial charge in [-0.1, -0.05) is 30.2 Å². The van der Waals surface area contributed by atoms with Crippen LogP contribution in [0.5, 0.6) is 0 Å². The lowest BCUT2D eigenvalue weighted by Crippen LogP contribution is -2.41. The van der Waals surface area contributed by atoms with E-state index in [1.54, 1.807) is 0 Å². The molecule has 0 saturated heterocycles. The Balaban J connectivity index is 0.00000176. The quantitative estimate of drug-likeness (QED) is 0.905. The first kappa shape index (κ1) is 17.6. The Morgan fingerprint density at radius 2 is 1.86 bits per heavy atom. The molecule has 0 heterocycles. The molecule has 1 aromatic rings. The van der Waals surface area contributed by atoms with Gasteiger partial charge in [-0.05, 0) is 49.8 Å². The molecule has 0 radical (unpaired) electrons. The highest BCUT2D eigenvalue weighted by atomic mass is 35.5. The van der Waals surface area contributed by atoms with Crippen LogP contribution in [0.4, 0.5) is 0 Å². The van der Waals surface area contributed by atoms with Crippen molar-refractivity contribution in [3.8, 4) is 0 Å². The number of carbonyl (C=O) groups is 1. The molecule has 1 aromatic carbocycles. The Bertz CT molecular complexity index is 502. The van der Waals surface area contributed by atoms with Gasteiger partial charge in [0.1, 0.15) is 0 Å². The van der Waals surface area contributed by atoms with Crippen molar-refractivity contribution < 1.29 is 4.79 Å². The lowest BCUT2D eigenvalue weighted by molar-refractivity contribution is -0.138. The number of nitrogens with zero attached hydrogens (tertiary/aromatic N) is 1. The Morgan fingerprint density at radius 3 is 2.45 bits per heavy atom. The zero-order valence-corrected chi connectivity index (χ0v) is 14.3. The first-order chi connectivity index (χ1) is 10.1. The Morgan fingerprint density at radius 1 is 1.18 bits per heavy atom. The van der Waals surface area contributed by atoms with Gasteiger partial charge in [0.2, 0.25) is 5.91 Å². The van der Waals surface area contributed by atoms with Crippen LogP contribution in [-0.2, 0) is 11.3 Å². The summed E-state index contributed by atoms with van der Waals surface area (Å²) in [6.07, 6.45) is 6.26. The van der Waals surface area contributed by atoms with Gasteiger partial charge >= 0.3 is 0 Å². The summed E-state index contributed by atoms with van der Waals surface area (Å²) in [5.74, 6) is 0.434. The van der Waals surface area contributed by atoms with Crippen molar-refractivity contribution in [1.29, 1.82) is 0 Å². The van der Waals surface area contributed by atoms with Crippen LogP contribution >= 0.6 is 24.0 Å². The zero-order chi connectivity index (χ0) is 14.8. The number of benzene rings is 1. The fraction of sp³-hybridized carbons (Fsp3) is 0.588. The smallest absolute Gasteiger partial charge is 0.226 e. The van der Waals surface area contributed by atoms with Crippen molar-refractivity contribution in [3.05, 3.63) is 34.9 Å². The molecule has 2 aliphatic rings. The van der Waals surface area contributed by atoms with Crippen molar-refractivity contribution in [2.75, 3.05) is 0 Å².